The minimum atomic E-state index is -0.335. The highest BCUT2D eigenvalue weighted by molar-refractivity contribution is 14.0. The van der Waals surface area contributed by atoms with E-state index in [0.29, 0.717) is 31.2 Å². The number of rotatable bonds is 10. The average molecular weight is 543 g/mol. The second-order valence-electron chi connectivity index (χ2n) is 6.80. The second kappa shape index (κ2) is 14.6. The Hall–Kier alpha value is -2.43. The van der Waals surface area contributed by atoms with E-state index in [-0.39, 0.29) is 48.3 Å². The molecule has 2 aromatic rings. The number of halogens is 2. The number of aliphatic imine (C=N–C) groups is 1. The van der Waals surface area contributed by atoms with Crippen molar-refractivity contribution in [3.8, 4) is 5.75 Å². The molecule has 1 aromatic heterocycles. The highest BCUT2D eigenvalue weighted by atomic mass is 127. The monoisotopic (exact) mass is 543 g/mol. The molecule has 1 unspecified atom stereocenters. The van der Waals surface area contributed by atoms with E-state index in [2.05, 4.69) is 20.6 Å². The molecule has 0 aliphatic carbocycles. The molecule has 1 amide bonds. The van der Waals surface area contributed by atoms with Gasteiger partial charge in [-0.05, 0) is 30.7 Å². The molecule has 1 heterocycles. The molecule has 9 heteroatoms. The Labute approximate surface area is 200 Å². The zero-order valence-corrected chi connectivity index (χ0v) is 20.5. The van der Waals surface area contributed by atoms with Crippen molar-refractivity contribution in [1.29, 1.82) is 0 Å². The lowest BCUT2D eigenvalue weighted by molar-refractivity contribution is -0.128. The summed E-state index contributed by atoms with van der Waals surface area (Å²) >= 11 is 0. The summed E-state index contributed by atoms with van der Waals surface area (Å²) in [6.07, 6.45) is 3.01. The fourth-order valence-electron chi connectivity index (χ4n) is 2.68. The van der Waals surface area contributed by atoms with E-state index in [9.17, 15) is 9.18 Å². The van der Waals surface area contributed by atoms with Gasteiger partial charge in [0.25, 0.3) is 0 Å². The topological polar surface area (TPSA) is 78.9 Å². The Morgan fingerprint density at radius 2 is 2.06 bits per heavy atom. The molecule has 2 rings (SSSR count). The van der Waals surface area contributed by atoms with E-state index in [4.69, 9.17) is 4.74 Å². The van der Waals surface area contributed by atoms with E-state index in [1.54, 1.807) is 37.3 Å². The molecule has 1 aromatic carbocycles. The number of amides is 1. The summed E-state index contributed by atoms with van der Waals surface area (Å²) in [6.45, 7) is 3.17. The molecule has 1 atom stereocenters. The van der Waals surface area contributed by atoms with Crippen LogP contribution in [0.1, 0.15) is 19.0 Å². The van der Waals surface area contributed by atoms with Crippen LogP contribution in [0.25, 0.3) is 0 Å². The van der Waals surface area contributed by atoms with E-state index in [1.165, 1.54) is 12.1 Å². The minimum Gasteiger partial charge on any atom is -0.489 e. The Balaban J connectivity index is 0.00000480. The number of hydrogen-bond donors (Lipinski definition) is 2. The molecule has 0 radical (unpaired) electrons. The van der Waals surface area contributed by atoms with Crippen LogP contribution in [-0.4, -0.2) is 61.6 Å². The van der Waals surface area contributed by atoms with Gasteiger partial charge in [-0.15, -0.1) is 24.0 Å². The number of benzene rings is 1. The van der Waals surface area contributed by atoms with Crippen LogP contribution in [0.2, 0.25) is 0 Å². The second-order valence-corrected chi connectivity index (χ2v) is 6.80. The van der Waals surface area contributed by atoms with Gasteiger partial charge in [0.1, 0.15) is 17.7 Å². The maximum Gasteiger partial charge on any atom is 0.241 e. The minimum absolute atomic E-state index is 0. The number of aromatic nitrogens is 1. The third-order valence-corrected chi connectivity index (χ3v) is 4.54. The van der Waals surface area contributed by atoms with Crippen molar-refractivity contribution >= 4 is 35.8 Å². The predicted molar refractivity (Wildman–Crippen MR) is 131 cm³/mol. The van der Waals surface area contributed by atoms with Crippen LogP contribution < -0.4 is 15.4 Å². The zero-order valence-electron chi connectivity index (χ0n) is 18.2. The Morgan fingerprint density at radius 1 is 1.26 bits per heavy atom. The molecular formula is C22H31FIN5O2. The van der Waals surface area contributed by atoms with Crippen LogP contribution in [0.4, 0.5) is 4.39 Å². The lowest BCUT2D eigenvalue weighted by atomic mass is 10.2. The lowest BCUT2D eigenvalue weighted by Crippen LogP contribution is -2.46. The molecule has 0 saturated carbocycles. The van der Waals surface area contributed by atoms with Gasteiger partial charge >= 0.3 is 0 Å². The van der Waals surface area contributed by atoms with Gasteiger partial charge < -0.3 is 20.3 Å². The first-order valence-electron chi connectivity index (χ1n) is 10.0. The first-order chi connectivity index (χ1) is 14.5. The normalized spacial score (nSPS) is 11.8. The number of carbonyl (C=O) groups is 1. The number of nitrogens with zero attached hydrogens (tertiary/aromatic N) is 3. The van der Waals surface area contributed by atoms with Gasteiger partial charge in [0.15, 0.2) is 5.96 Å². The molecule has 0 aliphatic rings. The first kappa shape index (κ1) is 26.6. The Bertz CT molecular complexity index is 823. The number of ether oxygens (including phenoxy) is 1. The van der Waals surface area contributed by atoms with E-state index in [0.717, 1.165) is 12.1 Å². The number of guanidine groups is 1. The maximum absolute atomic E-state index is 13.3. The fraction of sp³-hybridized carbons (Fsp3) is 0.409. The van der Waals surface area contributed by atoms with Crippen LogP contribution >= 0.6 is 24.0 Å². The third-order valence-electron chi connectivity index (χ3n) is 4.54. The summed E-state index contributed by atoms with van der Waals surface area (Å²) in [5, 5.41) is 6.16. The van der Waals surface area contributed by atoms with Crippen molar-refractivity contribution in [2.45, 2.75) is 25.9 Å². The molecule has 31 heavy (non-hydrogen) atoms. The highest BCUT2D eigenvalue weighted by Crippen LogP contribution is 2.14. The molecule has 0 spiro atoms. The average Bonchev–Trinajstić information content (AvgIpc) is 2.77. The van der Waals surface area contributed by atoms with Crippen LogP contribution in [-0.2, 0) is 11.2 Å². The molecule has 2 N–H and O–H groups in total. The summed E-state index contributed by atoms with van der Waals surface area (Å²) in [7, 11) is 3.40. The van der Waals surface area contributed by atoms with Crippen molar-refractivity contribution in [2.75, 3.05) is 33.7 Å². The summed E-state index contributed by atoms with van der Waals surface area (Å²) in [5.41, 5.74) is 0.950. The summed E-state index contributed by atoms with van der Waals surface area (Å²) < 4.78 is 19.1. The molecule has 0 bridgehead atoms. The molecular weight excluding hydrogens is 512 g/mol. The fourth-order valence-corrected chi connectivity index (χ4v) is 2.68. The summed E-state index contributed by atoms with van der Waals surface area (Å²) in [4.78, 5) is 22.4. The molecule has 0 aliphatic heterocycles. The van der Waals surface area contributed by atoms with E-state index < -0.39 is 0 Å². The Morgan fingerprint density at radius 3 is 2.71 bits per heavy atom. The van der Waals surface area contributed by atoms with Crippen molar-refractivity contribution in [3.05, 3.63) is 60.2 Å². The first-order valence-corrected chi connectivity index (χ1v) is 10.0. The zero-order chi connectivity index (χ0) is 21.8. The number of carbonyl (C=O) groups excluding carboxylic acids is 1. The predicted octanol–water partition coefficient (Wildman–Crippen LogP) is 2.86. The standard InChI is InChI=1S/C22H30FN5O2.HI/c1-4-19(30-20-10-7-8-17(23)14-20)15-26-22(24-2)27-16-21(29)28(3)13-11-18-9-5-6-12-25-18;/h5-10,12,14,19H,4,11,13,15-16H2,1-3H3,(H2,24,26,27);1H. The molecule has 0 fully saturated rings. The van der Waals surface area contributed by atoms with Crippen LogP contribution in [0.15, 0.2) is 53.7 Å². The van der Waals surface area contributed by atoms with Gasteiger partial charge in [-0.2, -0.15) is 0 Å². The summed E-state index contributed by atoms with van der Waals surface area (Å²) in [5.74, 6) is 0.606. The number of likely N-dealkylation sites (N-methyl/N-ethyl adjacent to an activating group) is 1. The van der Waals surface area contributed by atoms with Gasteiger partial charge in [-0.25, -0.2) is 4.39 Å². The summed E-state index contributed by atoms with van der Waals surface area (Å²) in [6, 6.07) is 11.8. The van der Waals surface area contributed by atoms with Gasteiger partial charge in [-0.3, -0.25) is 14.8 Å². The van der Waals surface area contributed by atoms with Crippen molar-refractivity contribution in [1.82, 2.24) is 20.5 Å². The molecule has 7 nitrogen and oxygen atoms in total. The number of nitrogens with one attached hydrogen (secondary N) is 2. The van der Waals surface area contributed by atoms with E-state index >= 15 is 0 Å². The van der Waals surface area contributed by atoms with Crippen LogP contribution in [0.5, 0.6) is 5.75 Å². The molecule has 170 valence electrons. The third kappa shape index (κ3) is 9.95. The lowest BCUT2D eigenvalue weighted by Gasteiger charge is -2.21. The molecule has 0 saturated heterocycles. The Kier molecular flexibility index (Phi) is 12.5. The van der Waals surface area contributed by atoms with Gasteiger partial charge in [0, 0.05) is 45.0 Å². The number of pyridine rings is 1. The highest BCUT2D eigenvalue weighted by Gasteiger charge is 2.12. The van der Waals surface area contributed by atoms with Crippen LogP contribution in [0.3, 0.4) is 0 Å². The quantitative estimate of drug-likeness (QED) is 0.274. The van der Waals surface area contributed by atoms with Crippen molar-refractivity contribution < 1.29 is 13.9 Å². The van der Waals surface area contributed by atoms with Crippen molar-refractivity contribution in [2.24, 2.45) is 4.99 Å². The van der Waals surface area contributed by atoms with Gasteiger partial charge in [-0.1, -0.05) is 19.1 Å². The van der Waals surface area contributed by atoms with Gasteiger partial charge in [0.05, 0.1) is 13.1 Å². The maximum atomic E-state index is 13.3. The smallest absolute Gasteiger partial charge is 0.241 e. The van der Waals surface area contributed by atoms with Crippen LogP contribution in [0, 0.1) is 5.82 Å². The van der Waals surface area contributed by atoms with E-state index in [1.807, 2.05) is 25.1 Å². The van der Waals surface area contributed by atoms with Crippen molar-refractivity contribution in [3.63, 3.8) is 0 Å². The SMILES string of the molecule is CCC(CNC(=NC)NCC(=O)N(C)CCc1ccccn1)Oc1cccc(F)c1.I. The number of hydrogen-bond acceptors (Lipinski definition) is 4. The largest absolute Gasteiger partial charge is 0.489 e. The van der Waals surface area contributed by atoms with Gasteiger partial charge in [0.2, 0.25) is 5.91 Å².